The molecule has 1 saturated heterocycles. The van der Waals surface area contributed by atoms with Crippen LogP contribution in [0, 0.1) is 0 Å². The number of imidazole rings is 1. The second-order valence-electron chi connectivity index (χ2n) is 7.20. The Morgan fingerprint density at radius 1 is 1.31 bits per heavy atom. The molecular formula is C19H27N7O5S. The van der Waals surface area contributed by atoms with Crippen molar-refractivity contribution in [3.05, 3.63) is 12.7 Å². The lowest BCUT2D eigenvalue weighted by Crippen LogP contribution is -2.32. The molecule has 3 rings (SSSR count). The first-order valence-corrected chi connectivity index (χ1v) is 11.3. The van der Waals surface area contributed by atoms with Crippen molar-refractivity contribution < 1.29 is 24.9 Å². The minimum Gasteiger partial charge on any atom is -0.480 e. The van der Waals surface area contributed by atoms with Crippen molar-refractivity contribution in [2.24, 2.45) is 9.98 Å². The largest absolute Gasteiger partial charge is 0.480 e. The van der Waals surface area contributed by atoms with Gasteiger partial charge in [0.1, 0.15) is 30.1 Å². The lowest BCUT2D eigenvalue weighted by molar-refractivity contribution is -0.138. The molecule has 32 heavy (non-hydrogen) atoms. The quantitative estimate of drug-likeness (QED) is 0.263. The predicted molar refractivity (Wildman–Crippen MR) is 121 cm³/mol. The molecule has 0 bridgehead atoms. The summed E-state index contributed by atoms with van der Waals surface area (Å²) in [5.74, 6) is 0.118. The number of aliphatic carboxylic acids is 1. The third-order valence-electron chi connectivity index (χ3n) is 4.99. The fourth-order valence-electron chi connectivity index (χ4n) is 3.29. The summed E-state index contributed by atoms with van der Waals surface area (Å²) in [4.78, 5) is 31.6. The van der Waals surface area contributed by atoms with Crippen LogP contribution in [0.2, 0.25) is 0 Å². The van der Waals surface area contributed by atoms with E-state index in [9.17, 15) is 20.1 Å². The maximum Gasteiger partial charge on any atom is 0.328 e. The average molecular weight is 466 g/mol. The Labute approximate surface area is 188 Å². The Morgan fingerprint density at radius 3 is 2.84 bits per heavy atom. The molecule has 0 saturated carbocycles. The summed E-state index contributed by atoms with van der Waals surface area (Å²) in [6, 6.07) is -0.823. The Hall–Kier alpha value is -2.61. The molecule has 1 aliphatic rings. The topological polar surface area (TPSA) is 181 Å². The van der Waals surface area contributed by atoms with Gasteiger partial charge in [-0.3, -0.25) is 9.56 Å². The summed E-state index contributed by atoms with van der Waals surface area (Å²) in [6.45, 7) is 0. The summed E-state index contributed by atoms with van der Waals surface area (Å²) >= 11 is 1.43. The van der Waals surface area contributed by atoms with Crippen molar-refractivity contribution in [2.45, 2.75) is 49.8 Å². The summed E-state index contributed by atoms with van der Waals surface area (Å²) in [5, 5.41) is 30.3. The van der Waals surface area contributed by atoms with Crippen molar-refractivity contribution in [3.63, 3.8) is 0 Å². The van der Waals surface area contributed by atoms with Crippen molar-refractivity contribution in [2.75, 3.05) is 24.3 Å². The highest BCUT2D eigenvalue weighted by molar-refractivity contribution is 7.99. The molecule has 2 aromatic rings. The number of carboxylic acid groups (broad SMARTS) is 1. The molecule has 5 atom stereocenters. The number of carbonyl (C=O) groups is 1. The zero-order valence-corrected chi connectivity index (χ0v) is 18.4. The van der Waals surface area contributed by atoms with Crippen molar-refractivity contribution in [3.8, 4) is 0 Å². The number of rotatable bonds is 11. The summed E-state index contributed by atoms with van der Waals surface area (Å²) in [7, 11) is 1.68. The van der Waals surface area contributed by atoms with Crippen molar-refractivity contribution in [1.82, 2.24) is 19.5 Å². The fraction of sp³-hybridized carbons (Fsp3) is 0.579. The van der Waals surface area contributed by atoms with Gasteiger partial charge in [0, 0.05) is 19.0 Å². The number of hydrogen-bond acceptors (Lipinski definition) is 11. The van der Waals surface area contributed by atoms with Gasteiger partial charge < -0.3 is 30.8 Å². The number of thioether (sulfide) groups is 1. The number of carboxylic acids is 1. The summed E-state index contributed by atoms with van der Waals surface area (Å²) in [5.41, 5.74) is 6.58. The van der Waals surface area contributed by atoms with E-state index in [-0.39, 0.29) is 5.82 Å². The number of hydrogen-bond donors (Lipinski definition) is 4. The van der Waals surface area contributed by atoms with E-state index in [1.54, 1.807) is 19.5 Å². The fourth-order valence-corrected chi connectivity index (χ4v) is 4.35. The van der Waals surface area contributed by atoms with Gasteiger partial charge in [0.15, 0.2) is 17.7 Å². The van der Waals surface area contributed by atoms with Gasteiger partial charge in [-0.2, -0.15) is 11.8 Å². The lowest BCUT2D eigenvalue weighted by Gasteiger charge is -2.16. The molecule has 2 aromatic heterocycles. The van der Waals surface area contributed by atoms with Gasteiger partial charge in [0.05, 0.1) is 12.4 Å². The maximum absolute atomic E-state index is 11.4. The van der Waals surface area contributed by atoms with Crippen LogP contribution in [0.5, 0.6) is 0 Å². The zero-order chi connectivity index (χ0) is 23.1. The summed E-state index contributed by atoms with van der Waals surface area (Å²) in [6.07, 6.45) is 3.97. The van der Waals surface area contributed by atoms with Gasteiger partial charge in [-0.1, -0.05) is 0 Å². The molecule has 3 heterocycles. The SMILES string of the molecule is CN=CCCC=N[C@@H](CCSC[C@H]1O[C@@H](n2cnc3c(N)ncnc32)[C@H](O)[C@@H]1O)C(=O)O. The average Bonchev–Trinajstić information content (AvgIpc) is 3.32. The van der Waals surface area contributed by atoms with Gasteiger partial charge in [0.2, 0.25) is 0 Å². The number of unbranched alkanes of at least 4 members (excludes halogenated alkanes) is 1. The molecule has 1 aliphatic heterocycles. The normalized spacial score (nSPS) is 24.7. The van der Waals surface area contributed by atoms with E-state index in [4.69, 9.17) is 10.5 Å². The van der Waals surface area contributed by atoms with Crippen LogP contribution in [0.25, 0.3) is 11.2 Å². The number of nitrogen functional groups attached to an aromatic ring is 1. The second kappa shape index (κ2) is 11.3. The van der Waals surface area contributed by atoms with E-state index in [1.807, 2.05) is 0 Å². The molecule has 1 fully saturated rings. The first-order valence-electron chi connectivity index (χ1n) is 10.1. The Kier molecular flexibility index (Phi) is 8.50. The smallest absolute Gasteiger partial charge is 0.328 e. The highest BCUT2D eigenvalue weighted by Crippen LogP contribution is 2.33. The summed E-state index contributed by atoms with van der Waals surface area (Å²) < 4.78 is 7.40. The lowest BCUT2D eigenvalue weighted by atomic mass is 10.1. The van der Waals surface area contributed by atoms with Crippen LogP contribution in [0.3, 0.4) is 0 Å². The molecule has 174 valence electrons. The Balaban J connectivity index is 1.52. The van der Waals surface area contributed by atoms with E-state index in [2.05, 4.69) is 24.9 Å². The van der Waals surface area contributed by atoms with Gasteiger partial charge in [0.25, 0.3) is 0 Å². The monoisotopic (exact) mass is 465 g/mol. The Morgan fingerprint density at radius 2 is 2.09 bits per heavy atom. The van der Waals surface area contributed by atoms with Crippen LogP contribution >= 0.6 is 11.8 Å². The molecule has 5 N–H and O–H groups in total. The first-order chi connectivity index (χ1) is 15.4. The highest BCUT2D eigenvalue weighted by atomic mass is 32.2. The number of nitrogens with zero attached hydrogens (tertiary/aromatic N) is 6. The molecule has 12 nitrogen and oxygen atoms in total. The van der Waals surface area contributed by atoms with E-state index in [1.165, 1.54) is 29.0 Å². The number of nitrogens with two attached hydrogens (primary N) is 1. The number of anilines is 1. The van der Waals surface area contributed by atoms with Crippen LogP contribution in [0.4, 0.5) is 5.82 Å². The van der Waals surface area contributed by atoms with Gasteiger partial charge in [-0.25, -0.2) is 19.7 Å². The number of aliphatic hydroxyl groups is 2. The highest BCUT2D eigenvalue weighted by Gasteiger charge is 2.44. The van der Waals surface area contributed by atoms with Crippen molar-refractivity contribution in [1.29, 1.82) is 0 Å². The van der Waals surface area contributed by atoms with Gasteiger partial charge >= 0.3 is 5.97 Å². The van der Waals surface area contributed by atoms with Crippen LogP contribution in [-0.2, 0) is 9.53 Å². The minimum atomic E-state index is -1.18. The van der Waals surface area contributed by atoms with Crippen molar-refractivity contribution >= 4 is 47.1 Å². The molecule has 0 spiro atoms. The predicted octanol–water partition coefficient (Wildman–Crippen LogP) is 0.156. The second-order valence-corrected chi connectivity index (χ2v) is 8.35. The molecule has 0 radical (unpaired) electrons. The first kappa shape index (κ1) is 24.0. The zero-order valence-electron chi connectivity index (χ0n) is 17.6. The van der Waals surface area contributed by atoms with Crippen LogP contribution in [0.1, 0.15) is 25.5 Å². The molecule has 0 aliphatic carbocycles. The minimum absolute atomic E-state index is 0.211. The van der Waals surface area contributed by atoms with E-state index >= 15 is 0 Å². The number of ether oxygens (including phenoxy) is 1. The van der Waals surface area contributed by atoms with Crippen LogP contribution in [-0.4, -0.2) is 96.1 Å². The van der Waals surface area contributed by atoms with E-state index in [0.29, 0.717) is 41.9 Å². The Bertz CT molecular complexity index is 969. The standard InChI is InChI=1S/C19H27N7O5S/c1-21-5-2-3-6-22-11(19(29)30)4-7-32-8-12-14(27)15(28)18(31-12)26-10-25-13-16(20)23-9-24-17(13)26/h5-6,9-12,14-15,18,27-28H,2-4,7-8H2,1H3,(H,29,30)(H2,20,23,24)/t11-,12+,14+,15+,18+/m0/s1. The number of aliphatic imine (C=N–C) groups is 2. The van der Waals surface area contributed by atoms with E-state index < -0.39 is 36.6 Å². The molecule has 0 aromatic carbocycles. The maximum atomic E-state index is 11.4. The third kappa shape index (κ3) is 5.59. The number of aliphatic hydroxyl groups excluding tert-OH is 2. The van der Waals surface area contributed by atoms with Gasteiger partial charge in [-0.15, -0.1) is 0 Å². The molecule has 13 heteroatoms. The molecule has 0 unspecified atom stereocenters. The van der Waals surface area contributed by atoms with E-state index in [0.717, 1.165) is 0 Å². The molecule has 0 amide bonds. The molecular weight excluding hydrogens is 438 g/mol. The van der Waals surface area contributed by atoms with Crippen LogP contribution in [0.15, 0.2) is 22.6 Å². The van der Waals surface area contributed by atoms with Gasteiger partial charge in [-0.05, 0) is 31.2 Å². The third-order valence-corrected chi connectivity index (χ3v) is 6.08. The van der Waals surface area contributed by atoms with Crippen LogP contribution < -0.4 is 5.73 Å². The number of aromatic nitrogens is 4. The number of fused-ring (bicyclic) bond motifs is 1.